The maximum atomic E-state index is 12.1. The second-order valence-electron chi connectivity index (χ2n) is 6.57. The summed E-state index contributed by atoms with van der Waals surface area (Å²) in [6, 6.07) is 16.9. The molecule has 3 N–H and O–H groups in total. The average molecular weight is 392 g/mol. The Morgan fingerprint density at radius 3 is 2.48 bits per heavy atom. The Kier molecular flexibility index (Phi) is 6.94. The van der Waals surface area contributed by atoms with Crippen molar-refractivity contribution in [3.05, 3.63) is 78.4 Å². The Morgan fingerprint density at radius 1 is 1.03 bits per heavy atom. The number of carbonyl (C=O) groups excluding carboxylic acids is 2. The Hall–Kier alpha value is -3.68. The summed E-state index contributed by atoms with van der Waals surface area (Å²) in [7, 11) is 0. The van der Waals surface area contributed by atoms with Crippen LogP contribution in [-0.2, 0) is 11.3 Å². The molecule has 0 aliphatic heterocycles. The lowest BCUT2D eigenvalue weighted by molar-refractivity contribution is -0.121. The van der Waals surface area contributed by atoms with Crippen LogP contribution in [-0.4, -0.2) is 33.2 Å². The van der Waals surface area contributed by atoms with E-state index in [9.17, 15) is 9.59 Å². The lowest BCUT2D eigenvalue weighted by Gasteiger charge is -2.15. The van der Waals surface area contributed by atoms with Crippen LogP contribution in [0, 0.1) is 0 Å². The van der Waals surface area contributed by atoms with Crippen molar-refractivity contribution >= 4 is 11.9 Å². The standard InChI is InChI=1S/C21H24N6O2/c1-16(18-7-9-19(10-8-18)27-15-22-14-25-27)26-20(28)11-12-23-21(29)24-13-17-5-3-2-4-6-17/h2-10,14-16H,11-13H2,1H3,(H,26,28)(H2,23,24,29)/t16-/m0/s1. The summed E-state index contributed by atoms with van der Waals surface area (Å²) in [5.41, 5.74) is 2.90. The van der Waals surface area contributed by atoms with E-state index in [4.69, 9.17) is 0 Å². The van der Waals surface area contributed by atoms with Crippen molar-refractivity contribution < 1.29 is 9.59 Å². The summed E-state index contributed by atoms with van der Waals surface area (Å²) in [5, 5.41) is 12.5. The Labute approximate surface area is 169 Å². The van der Waals surface area contributed by atoms with E-state index in [2.05, 4.69) is 26.0 Å². The summed E-state index contributed by atoms with van der Waals surface area (Å²) < 4.78 is 1.67. The van der Waals surface area contributed by atoms with E-state index in [0.29, 0.717) is 6.54 Å². The summed E-state index contributed by atoms with van der Waals surface area (Å²) in [6.45, 7) is 2.63. The number of aromatic nitrogens is 3. The Bertz CT molecular complexity index is 910. The first-order valence-electron chi connectivity index (χ1n) is 9.42. The molecular weight excluding hydrogens is 368 g/mol. The van der Waals surface area contributed by atoms with Crippen molar-refractivity contribution in [2.24, 2.45) is 0 Å². The van der Waals surface area contributed by atoms with E-state index in [1.165, 1.54) is 6.33 Å². The lowest BCUT2D eigenvalue weighted by atomic mass is 10.1. The molecule has 3 aromatic rings. The normalized spacial score (nSPS) is 11.5. The van der Waals surface area contributed by atoms with Gasteiger partial charge in [0.1, 0.15) is 12.7 Å². The third-order valence-corrected chi connectivity index (χ3v) is 4.39. The number of amides is 3. The van der Waals surface area contributed by atoms with Crippen molar-refractivity contribution in [2.45, 2.75) is 25.9 Å². The van der Waals surface area contributed by atoms with Gasteiger partial charge in [0.25, 0.3) is 0 Å². The van der Waals surface area contributed by atoms with E-state index in [1.807, 2.05) is 61.5 Å². The van der Waals surface area contributed by atoms with E-state index in [1.54, 1.807) is 11.0 Å². The maximum absolute atomic E-state index is 12.1. The predicted molar refractivity (Wildman–Crippen MR) is 109 cm³/mol. The number of rotatable bonds is 8. The number of nitrogens with zero attached hydrogens (tertiary/aromatic N) is 3. The third kappa shape index (κ3) is 6.17. The van der Waals surface area contributed by atoms with Gasteiger partial charge >= 0.3 is 6.03 Å². The summed E-state index contributed by atoms with van der Waals surface area (Å²) >= 11 is 0. The first-order valence-corrected chi connectivity index (χ1v) is 9.42. The molecule has 0 aliphatic carbocycles. The number of nitrogens with one attached hydrogen (secondary N) is 3. The molecule has 8 heteroatoms. The number of hydrogen-bond acceptors (Lipinski definition) is 4. The fraction of sp³-hybridized carbons (Fsp3) is 0.238. The zero-order valence-electron chi connectivity index (χ0n) is 16.2. The summed E-state index contributed by atoms with van der Waals surface area (Å²) in [6.07, 6.45) is 3.32. The van der Waals surface area contributed by atoms with Crippen LogP contribution in [0.3, 0.4) is 0 Å². The number of benzene rings is 2. The van der Waals surface area contributed by atoms with E-state index < -0.39 is 0 Å². The molecule has 0 radical (unpaired) electrons. The van der Waals surface area contributed by atoms with Crippen molar-refractivity contribution in [3.8, 4) is 5.69 Å². The van der Waals surface area contributed by atoms with Crippen molar-refractivity contribution in [2.75, 3.05) is 6.54 Å². The zero-order chi connectivity index (χ0) is 20.5. The quantitative estimate of drug-likeness (QED) is 0.548. The van der Waals surface area contributed by atoms with Gasteiger partial charge in [-0.05, 0) is 30.2 Å². The van der Waals surface area contributed by atoms with E-state index >= 15 is 0 Å². The van der Waals surface area contributed by atoms with Gasteiger partial charge in [-0.25, -0.2) is 14.5 Å². The number of urea groups is 1. The molecule has 1 aromatic heterocycles. The fourth-order valence-electron chi connectivity index (χ4n) is 2.78. The highest BCUT2D eigenvalue weighted by molar-refractivity contribution is 5.78. The zero-order valence-corrected chi connectivity index (χ0v) is 16.2. The Balaban J connectivity index is 1.37. The van der Waals surface area contributed by atoms with Crippen LogP contribution in [0.15, 0.2) is 67.3 Å². The molecule has 2 aromatic carbocycles. The molecule has 0 saturated carbocycles. The van der Waals surface area contributed by atoms with Gasteiger partial charge in [-0.2, -0.15) is 5.10 Å². The van der Waals surface area contributed by atoms with Gasteiger partial charge in [0, 0.05) is 19.5 Å². The molecule has 0 bridgehead atoms. The minimum absolute atomic E-state index is 0.124. The number of carbonyl (C=O) groups is 2. The minimum atomic E-state index is -0.293. The van der Waals surface area contributed by atoms with E-state index in [0.717, 1.165) is 16.8 Å². The van der Waals surface area contributed by atoms with Gasteiger partial charge < -0.3 is 16.0 Å². The summed E-state index contributed by atoms with van der Waals surface area (Å²) in [5.74, 6) is -0.124. The van der Waals surface area contributed by atoms with Crippen molar-refractivity contribution in [1.82, 2.24) is 30.7 Å². The molecule has 3 amide bonds. The molecule has 29 heavy (non-hydrogen) atoms. The van der Waals surface area contributed by atoms with Gasteiger partial charge in [0.15, 0.2) is 0 Å². The minimum Gasteiger partial charge on any atom is -0.350 e. The van der Waals surface area contributed by atoms with Gasteiger partial charge in [0.05, 0.1) is 11.7 Å². The van der Waals surface area contributed by atoms with Crippen LogP contribution in [0.4, 0.5) is 4.79 Å². The molecular formula is C21H24N6O2. The molecule has 1 heterocycles. The second kappa shape index (κ2) is 10.0. The molecule has 0 unspecified atom stereocenters. The smallest absolute Gasteiger partial charge is 0.315 e. The highest BCUT2D eigenvalue weighted by Gasteiger charge is 2.10. The average Bonchev–Trinajstić information content (AvgIpc) is 3.28. The van der Waals surface area contributed by atoms with Crippen LogP contribution >= 0.6 is 0 Å². The molecule has 3 rings (SSSR count). The first kappa shape index (κ1) is 20.1. The van der Waals surface area contributed by atoms with Crippen LogP contribution in [0.1, 0.15) is 30.5 Å². The molecule has 1 atom stereocenters. The highest BCUT2D eigenvalue weighted by Crippen LogP contribution is 2.15. The monoisotopic (exact) mass is 392 g/mol. The number of hydrogen-bond donors (Lipinski definition) is 3. The maximum Gasteiger partial charge on any atom is 0.315 e. The molecule has 0 fully saturated rings. The first-order chi connectivity index (χ1) is 14.1. The molecule has 0 saturated heterocycles. The van der Waals surface area contributed by atoms with Gasteiger partial charge in [-0.1, -0.05) is 42.5 Å². The lowest BCUT2D eigenvalue weighted by Crippen LogP contribution is -2.37. The van der Waals surface area contributed by atoms with Crippen LogP contribution < -0.4 is 16.0 Å². The fourth-order valence-corrected chi connectivity index (χ4v) is 2.78. The predicted octanol–water partition coefficient (Wildman–Crippen LogP) is 2.33. The van der Waals surface area contributed by atoms with Crippen LogP contribution in [0.2, 0.25) is 0 Å². The Morgan fingerprint density at radius 2 is 1.79 bits per heavy atom. The molecule has 150 valence electrons. The molecule has 0 spiro atoms. The largest absolute Gasteiger partial charge is 0.350 e. The van der Waals surface area contributed by atoms with Crippen LogP contribution in [0.5, 0.6) is 0 Å². The van der Waals surface area contributed by atoms with E-state index in [-0.39, 0.29) is 30.9 Å². The third-order valence-electron chi connectivity index (χ3n) is 4.39. The molecule has 0 aliphatic rings. The van der Waals surface area contributed by atoms with Gasteiger partial charge in [-0.15, -0.1) is 0 Å². The van der Waals surface area contributed by atoms with Gasteiger partial charge in [0.2, 0.25) is 5.91 Å². The van der Waals surface area contributed by atoms with Crippen molar-refractivity contribution in [3.63, 3.8) is 0 Å². The van der Waals surface area contributed by atoms with Gasteiger partial charge in [-0.3, -0.25) is 4.79 Å². The SMILES string of the molecule is C[C@H](NC(=O)CCNC(=O)NCc1ccccc1)c1ccc(-n2cncn2)cc1. The topological polar surface area (TPSA) is 101 Å². The second-order valence-corrected chi connectivity index (χ2v) is 6.57. The highest BCUT2D eigenvalue weighted by atomic mass is 16.2. The summed E-state index contributed by atoms with van der Waals surface area (Å²) in [4.78, 5) is 27.9. The van der Waals surface area contributed by atoms with Crippen LogP contribution in [0.25, 0.3) is 5.69 Å². The van der Waals surface area contributed by atoms with Crippen molar-refractivity contribution in [1.29, 1.82) is 0 Å². The molecule has 8 nitrogen and oxygen atoms in total.